The van der Waals surface area contributed by atoms with Gasteiger partial charge in [-0.15, -0.1) is 0 Å². The average Bonchev–Trinajstić information content (AvgIpc) is 2.17. The molecular weight excluding hydrogens is 194 g/mol. The zero-order valence-corrected chi connectivity index (χ0v) is 11.5. The van der Waals surface area contributed by atoms with Gasteiger partial charge in [0.15, 0.2) is 0 Å². The minimum absolute atomic E-state index is 0.175. The largest absolute Gasteiger partial charge is 0.315 e. The average molecular weight is 219 g/mol. The van der Waals surface area contributed by atoms with Gasteiger partial charge in [0.05, 0.1) is 0 Å². The maximum Gasteiger partial charge on any atom is 0.0130 e. The van der Waals surface area contributed by atoms with Crippen LogP contribution in [-0.4, -0.2) is 12.6 Å². The predicted octanol–water partition coefficient (Wildman–Crippen LogP) is 3.66. The Morgan fingerprint density at radius 3 is 1.94 bits per heavy atom. The first kappa shape index (κ1) is 13.2. The second kappa shape index (κ2) is 4.58. The first-order chi connectivity index (χ1) is 7.27. The molecule has 0 aliphatic carbocycles. The highest BCUT2D eigenvalue weighted by atomic mass is 14.9. The van der Waals surface area contributed by atoms with Crippen molar-refractivity contribution in [3.05, 3.63) is 35.4 Å². The highest BCUT2D eigenvalue weighted by Gasteiger charge is 2.28. The molecule has 0 fully saturated rings. The fraction of sp³-hybridized carbons (Fsp3) is 0.600. The van der Waals surface area contributed by atoms with E-state index >= 15 is 0 Å². The lowest BCUT2D eigenvalue weighted by molar-refractivity contribution is 0.305. The van der Waals surface area contributed by atoms with Gasteiger partial charge in [0.2, 0.25) is 0 Å². The minimum atomic E-state index is 0.175. The molecule has 0 amide bonds. The van der Waals surface area contributed by atoms with Gasteiger partial charge in [0, 0.05) is 5.54 Å². The first-order valence-corrected chi connectivity index (χ1v) is 6.03. The van der Waals surface area contributed by atoms with Crippen molar-refractivity contribution in [3.63, 3.8) is 0 Å². The van der Waals surface area contributed by atoms with Crippen LogP contribution in [0.25, 0.3) is 0 Å². The van der Waals surface area contributed by atoms with Crippen molar-refractivity contribution >= 4 is 0 Å². The lowest BCUT2D eigenvalue weighted by Gasteiger charge is -2.35. The van der Waals surface area contributed by atoms with Gasteiger partial charge in [0.1, 0.15) is 0 Å². The van der Waals surface area contributed by atoms with Crippen LogP contribution >= 0.6 is 0 Å². The van der Waals surface area contributed by atoms with Crippen molar-refractivity contribution in [1.82, 2.24) is 5.32 Å². The van der Waals surface area contributed by atoms with E-state index < -0.39 is 0 Å². The summed E-state index contributed by atoms with van der Waals surface area (Å²) in [5.41, 5.74) is 3.13. The van der Waals surface area contributed by atoms with E-state index in [9.17, 15) is 0 Å². The molecule has 1 N–H and O–H groups in total. The zero-order valence-electron chi connectivity index (χ0n) is 11.5. The molecule has 0 aliphatic rings. The maximum absolute atomic E-state index is 3.38. The molecule has 0 atom stereocenters. The van der Waals surface area contributed by atoms with E-state index in [1.807, 2.05) is 7.05 Å². The van der Waals surface area contributed by atoms with Gasteiger partial charge >= 0.3 is 0 Å². The predicted molar refractivity (Wildman–Crippen MR) is 72.0 cm³/mol. The molecule has 0 saturated carbocycles. The standard InChI is InChI=1S/C15H25N/c1-12-7-9-13(10-8-12)14(2,3)11-15(4,5)16-6/h7-10,16H,11H2,1-6H3. The summed E-state index contributed by atoms with van der Waals surface area (Å²) < 4.78 is 0. The lowest BCUT2D eigenvalue weighted by atomic mass is 9.75. The molecule has 0 aromatic heterocycles. The topological polar surface area (TPSA) is 12.0 Å². The quantitative estimate of drug-likeness (QED) is 0.815. The van der Waals surface area contributed by atoms with Gasteiger partial charge in [-0.3, -0.25) is 0 Å². The summed E-state index contributed by atoms with van der Waals surface area (Å²) in [5.74, 6) is 0. The van der Waals surface area contributed by atoms with E-state index in [0.717, 1.165) is 6.42 Å². The summed E-state index contributed by atoms with van der Waals surface area (Å²) in [4.78, 5) is 0. The van der Waals surface area contributed by atoms with Crippen LogP contribution < -0.4 is 5.32 Å². The summed E-state index contributed by atoms with van der Waals surface area (Å²) in [5, 5.41) is 3.38. The molecule has 1 aromatic rings. The highest BCUT2D eigenvalue weighted by Crippen LogP contribution is 2.32. The van der Waals surface area contributed by atoms with Crippen LogP contribution in [0.4, 0.5) is 0 Å². The van der Waals surface area contributed by atoms with Crippen molar-refractivity contribution in [2.24, 2.45) is 0 Å². The Morgan fingerprint density at radius 2 is 1.50 bits per heavy atom. The minimum Gasteiger partial charge on any atom is -0.315 e. The molecule has 0 spiro atoms. The Bertz CT molecular complexity index is 333. The first-order valence-electron chi connectivity index (χ1n) is 6.03. The lowest BCUT2D eigenvalue weighted by Crippen LogP contribution is -2.41. The van der Waals surface area contributed by atoms with E-state index in [-0.39, 0.29) is 11.0 Å². The molecule has 1 heteroatoms. The van der Waals surface area contributed by atoms with Gasteiger partial charge in [-0.2, -0.15) is 0 Å². The third-order valence-electron chi connectivity index (χ3n) is 3.39. The Balaban J connectivity index is 2.89. The number of benzene rings is 1. The molecule has 16 heavy (non-hydrogen) atoms. The second-order valence-electron chi connectivity index (χ2n) is 6.06. The second-order valence-corrected chi connectivity index (χ2v) is 6.06. The van der Waals surface area contributed by atoms with E-state index in [2.05, 4.69) is 64.2 Å². The van der Waals surface area contributed by atoms with Crippen LogP contribution in [0.5, 0.6) is 0 Å². The van der Waals surface area contributed by atoms with Crippen molar-refractivity contribution in [2.45, 2.75) is 52.0 Å². The molecule has 1 nitrogen and oxygen atoms in total. The normalized spacial score (nSPS) is 12.9. The highest BCUT2D eigenvalue weighted by molar-refractivity contribution is 5.28. The molecular formula is C15H25N. The SMILES string of the molecule is CNC(C)(C)CC(C)(C)c1ccc(C)cc1. The molecule has 0 bridgehead atoms. The fourth-order valence-electron chi connectivity index (χ4n) is 2.30. The van der Waals surface area contributed by atoms with Crippen molar-refractivity contribution < 1.29 is 0 Å². The van der Waals surface area contributed by atoms with E-state index in [4.69, 9.17) is 0 Å². The molecule has 90 valence electrons. The van der Waals surface area contributed by atoms with Crippen LogP contribution in [-0.2, 0) is 5.41 Å². The number of aryl methyl sites for hydroxylation is 1. The fourth-order valence-corrected chi connectivity index (χ4v) is 2.30. The third kappa shape index (κ3) is 3.34. The summed E-state index contributed by atoms with van der Waals surface area (Å²) >= 11 is 0. The van der Waals surface area contributed by atoms with Gasteiger partial charge in [-0.1, -0.05) is 43.7 Å². The van der Waals surface area contributed by atoms with Gasteiger partial charge in [0.25, 0.3) is 0 Å². The molecule has 0 saturated heterocycles. The number of hydrogen-bond donors (Lipinski definition) is 1. The van der Waals surface area contributed by atoms with Crippen LogP contribution in [0.1, 0.15) is 45.2 Å². The Kier molecular flexibility index (Phi) is 3.80. The molecule has 0 unspecified atom stereocenters. The van der Waals surface area contributed by atoms with Gasteiger partial charge in [-0.25, -0.2) is 0 Å². The van der Waals surface area contributed by atoms with E-state index in [1.165, 1.54) is 11.1 Å². The molecule has 0 radical (unpaired) electrons. The monoisotopic (exact) mass is 219 g/mol. The summed E-state index contributed by atoms with van der Waals surface area (Å²) in [6.45, 7) is 11.3. The van der Waals surface area contributed by atoms with Crippen molar-refractivity contribution in [3.8, 4) is 0 Å². The number of rotatable bonds is 4. The Hall–Kier alpha value is -0.820. The van der Waals surface area contributed by atoms with Crippen LogP contribution in [0, 0.1) is 6.92 Å². The van der Waals surface area contributed by atoms with Crippen LogP contribution in [0.3, 0.4) is 0 Å². The third-order valence-corrected chi connectivity index (χ3v) is 3.39. The van der Waals surface area contributed by atoms with Gasteiger partial charge in [-0.05, 0) is 45.2 Å². The van der Waals surface area contributed by atoms with Crippen molar-refractivity contribution in [2.75, 3.05) is 7.05 Å². The summed E-state index contributed by atoms with van der Waals surface area (Å²) in [6.07, 6.45) is 1.12. The van der Waals surface area contributed by atoms with Gasteiger partial charge < -0.3 is 5.32 Å². The summed E-state index contributed by atoms with van der Waals surface area (Å²) in [7, 11) is 2.03. The van der Waals surface area contributed by atoms with Crippen LogP contribution in [0.15, 0.2) is 24.3 Å². The van der Waals surface area contributed by atoms with Crippen molar-refractivity contribution in [1.29, 1.82) is 0 Å². The maximum atomic E-state index is 3.38. The molecule has 0 aliphatic heterocycles. The Morgan fingerprint density at radius 1 is 1.00 bits per heavy atom. The summed E-state index contributed by atoms with van der Waals surface area (Å²) in [6, 6.07) is 8.90. The molecule has 1 aromatic carbocycles. The molecule has 1 rings (SSSR count). The van der Waals surface area contributed by atoms with E-state index in [1.54, 1.807) is 0 Å². The van der Waals surface area contributed by atoms with Crippen LogP contribution in [0.2, 0.25) is 0 Å². The van der Waals surface area contributed by atoms with E-state index in [0.29, 0.717) is 0 Å². The Labute approximate surface area is 100 Å². The number of hydrogen-bond acceptors (Lipinski definition) is 1. The zero-order chi connectivity index (χ0) is 12.4. The number of nitrogens with one attached hydrogen (secondary N) is 1. The molecule has 0 heterocycles. The smallest absolute Gasteiger partial charge is 0.0130 e.